The molecule has 0 saturated carbocycles. The standard InChI is InChI=1S/C22H24Cl2N2O/c1-26(2)12-11-25-14-20-19-6-4-3-5-16(19)8-10-22(20)27-15-17-7-9-18(23)13-21(17)24/h3-10,13,25H,11-12,14-15H2,1-2H3/p+2. The molecular weight excluding hydrogens is 379 g/mol. The summed E-state index contributed by atoms with van der Waals surface area (Å²) >= 11 is 12.3. The van der Waals surface area contributed by atoms with Gasteiger partial charge in [-0.3, -0.25) is 0 Å². The van der Waals surface area contributed by atoms with E-state index in [1.54, 1.807) is 6.07 Å². The Balaban J connectivity index is 1.81. The number of fused-ring (bicyclic) bond motifs is 1. The molecule has 3 nitrogen and oxygen atoms in total. The van der Waals surface area contributed by atoms with Crippen molar-refractivity contribution in [2.24, 2.45) is 0 Å². The third-order valence-electron chi connectivity index (χ3n) is 4.59. The minimum Gasteiger partial charge on any atom is -0.488 e. The van der Waals surface area contributed by atoms with E-state index in [0.29, 0.717) is 16.7 Å². The molecule has 3 aromatic carbocycles. The Kier molecular flexibility index (Phi) is 6.97. The van der Waals surface area contributed by atoms with Crippen LogP contribution in [0.15, 0.2) is 54.6 Å². The lowest BCUT2D eigenvalue weighted by Gasteiger charge is -2.15. The van der Waals surface area contributed by atoms with Crippen LogP contribution < -0.4 is 15.0 Å². The van der Waals surface area contributed by atoms with Gasteiger partial charge in [0, 0.05) is 15.6 Å². The Morgan fingerprint density at radius 3 is 2.59 bits per heavy atom. The summed E-state index contributed by atoms with van der Waals surface area (Å²) in [6.07, 6.45) is 0. The molecule has 0 aromatic heterocycles. The first-order chi connectivity index (χ1) is 13.0. The SMILES string of the molecule is C[NH+](C)CC[NH2+]Cc1c(OCc2ccc(Cl)cc2Cl)ccc2ccccc12. The number of nitrogens with one attached hydrogen (secondary N) is 1. The molecule has 0 fully saturated rings. The van der Waals surface area contributed by atoms with Crippen molar-refractivity contribution in [1.29, 1.82) is 0 Å². The fourth-order valence-corrected chi connectivity index (χ4v) is 3.56. The lowest BCUT2D eigenvalue weighted by Crippen LogP contribution is -3.09. The molecule has 0 heterocycles. The van der Waals surface area contributed by atoms with Crippen molar-refractivity contribution < 1.29 is 15.0 Å². The van der Waals surface area contributed by atoms with Gasteiger partial charge in [0.05, 0.1) is 19.7 Å². The second-order valence-electron chi connectivity index (χ2n) is 7.03. The van der Waals surface area contributed by atoms with Gasteiger partial charge in [-0.1, -0.05) is 59.6 Å². The van der Waals surface area contributed by atoms with Gasteiger partial charge in [0.25, 0.3) is 0 Å². The van der Waals surface area contributed by atoms with Crippen LogP contribution in [0.1, 0.15) is 11.1 Å². The summed E-state index contributed by atoms with van der Waals surface area (Å²) in [6.45, 7) is 3.51. The first-order valence-electron chi connectivity index (χ1n) is 9.22. The minimum absolute atomic E-state index is 0.420. The third-order valence-corrected chi connectivity index (χ3v) is 5.18. The number of quaternary nitrogens is 2. The van der Waals surface area contributed by atoms with Crippen molar-refractivity contribution >= 4 is 34.0 Å². The highest BCUT2D eigenvalue weighted by atomic mass is 35.5. The fraction of sp³-hybridized carbons (Fsp3) is 0.273. The molecule has 3 aromatic rings. The highest BCUT2D eigenvalue weighted by Gasteiger charge is 2.12. The van der Waals surface area contributed by atoms with E-state index in [4.69, 9.17) is 27.9 Å². The molecule has 0 radical (unpaired) electrons. The number of benzene rings is 3. The number of ether oxygens (including phenoxy) is 1. The Bertz CT molecular complexity index is 912. The Labute approximate surface area is 170 Å². The van der Waals surface area contributed by atoms with Gasteiger partial charge < -0.3 is 15.0 Å². The fourth-order valence-electron chi connectivity index (χ4n) is 3.09. The maximum Gasteiger partial charge on any atom is 0.129 e. The van der Waals surface area contributed by atoms with Gasteiger partial charge in [0.2, 0.25) is 0 Å². The normalized spacial score (nSPS) is 11.3. The third kappa shape index (κ3) is 5.36. The average molecular weight is 405 g/mol. The van der Waals surface area contributed by atoms with Crippen LogP contribution in [0.25, 0.3) is 10.8 Å². The van der Waals surface area contributed by atoms with Gasteiger partial charge in [-0.25, -0.2) is 0 Å². The predicted molar refractivity (Wildman–Crippen MR) is 113 cm³/mol. The van der Waals surface area contributed by atoms with Crippen LogP contribution in [-0.4, -0.2) is 27.2 Å². The molecule has 0 amide bonds. The van der Waals surface area contributed by atoms with Crippen molar-refractivity contribution in [2.45, 2.75) is 13.2 Å². The first kappa shape index (κ1) is 20.0. The van der Waals surface area contributed by atoms with E-state index < -0.39 is 0 Å². The lowest BCUT2D eigenvalue weighted by molar-refractivity contribution is -0.875. The van der Waals surface area contributed by atoms with E-state index in [1.165, 1.54) is 21.2 Å². The zero-order valence-corrected chi connectivity index (χ0v) is 17.3. The van der Waals surface area contributed by atoms with Crippen molar-refractivity contribution in [2.75, 3.05) is 27.2 Å². The second-order valence-corrected chi connectivity index (χ2v) is 7.87. The summed E-state index contributed by atoms with van der Waals surface area (Å²) in [5.41, 5.74) is 2.16. The largest absolute Gasteiger partial charge is 0.488 e. The van der Waals surface area contributed by atoms with Gasteiger partial charge in [0.15, 0.2) is 0 Å². The van der Waals surface area contributed by atoms with E-state index in [2.05, 4.69) is 55.8 Å². The topological polar surface area (TPSA) is 30.3 Å². The highest BCUT2D eigenvalue weighted by Crippen LogP contribution is 2.29. The smallest absolute Gasteiger partial charge is 0.129 e. The molecular formula is C22H26Cl2N2O+2. The van der Waals surface area contributed by atoms with Crippen LogP contribution in [0, 0.1) is 0 Å². The maximum atomic E-state index is 6.29. The number of nitrogens with two attached hydrogens (primary N) is 1. The molecule has 142 valence electrons. The van der Waals surface area contributed by atoms with Gasteiger partial charge >= 0.3 is 0 Å². The zero-order chi connectivity index (χ0) is 19.2. The van der Waals surface area contributed by atoms with E-state index in [9.17, 15) is 0 Å². The van der Waals surface area contributed by atoms with Crippen LogP contribution in [-0.2, 0) is 13.2 Å². The highest BCUT2D eigenvalue weighted by molar-refractivity contribution is 6.35. The molecule has 0 saturated heterocycles. The molecule has 0 atom stereocenters. The summed E-state index contributed by atoms with van der Waals surface area (Å²) in [5, 5.41) is 6.08. The molecule has 3 N–H and O–H groups in total. The zero-order valence-electron chi connectivity index (χ0n) is 15.8. The van der Waals surface area contributed by atoms with Gasteiger partial charge in [0.1, 0.15) is 32.0 Å². The van der Waals surface area contributed by atoms with Crippen LogP contribution in [0.5, 0.6) is 5.75 Å². The molecule has 0 aliphatic heterocycles. The molecule has 5 heteroatoms. The number of likely N-dealkylation sites (N-methyl/N-ethyl adjacent to an activating group) is 1. The first-order valence-corrected chi connectivity index (χ1v) is 9.98. The maximum absolute atomic E-state index is 6.29. The number of rotatable bonds is 8. The Hall–Kier alpha value is -1.78. The van der Waals surface area contributed by atoms with Crippen molar-refractivity contribution in [3.8, 4) is 5.75 Å². The van der Waals surface area contributed by atoms with E-state index in [1.807, 2.05) is 12.1 Å². The molecule has 0 aliphatic rings. The van der Waals surface area contributed by atoms with Gasteiger partial charge in [-0.2, -0.15) is 0 Å². The summed E-state index contributed by atoms with van der Waals surface area (Å²) in [7, 11) is 4.35. The molecule has 3 rings (SSSR count). The number of halogens is 2. The van der Waals surface area contributed by atoms with Crippen LogP contribution >= 0.6 is 23.2 Å². The Morgan fingerprint density at radius 1 is 1.00 bits per heavy atom. The van der Waals surface area contributed by atoms with Crippen LogP contribution in [0.3, 0.4) is 0 Å². The monoisotopic (exact) mass is 404 g/mol. The lowest BCUT2D eigenvalue weighted by atomic mass is 10.0. The van der Waals surface area contributed by atoms with Gasteiger partial charge in [-0.15, -0.1) is 0 Å². The Morgan fingerprint density at radius 2 is 1.81 bits per heavy atom. The average Bonchev–Trinajstić information content (AvgIpc) is 2.65. The quantitative estimate of drug-likeness (QED) is 0.555. The van der Waals surface area contributed by atoms with Crippen molar-refractivity contribution in [1.82, 2.24) is 0 Å². The summed E-state index contributed by atoms with van der Waals surface area (Å²) in [5.74, 6) is 0.910. The molecule has 0 bridgehead atoms. The van der Waals surface area contributed by atoms with Crippen LogP contribution in [0.2, 0.25) is 10.0 Å². The predicted octanol–water partition coefficient (Wildman–Crippen LogP) is 2.93. The van der Waals surface area contributed by atoms with Gasteiger partial charge in [-0.05, 0) is 29.0 Å². The van der Waals surface area contributed by atoms with Crippen molar-refractivity contribution in [3.63, 3.8) is 0 Å². The van der Waals surface area contributed by atoms with E-state index in [0.717, 1.165) is 30.9 Å². The molecule has 0 unspecified atom stereocenters. The molecule has 27 heavy (non-hydrogen) atoms. The number of hydrogen-bond donors (Lipinski definition) is 2. The van der Waals surface area contributed by atoms with Crippen molar-refractivity contribution in [3.05, 3.63) is 75.8 Å². The second kappa shape index (κ2) is 9.43. The number of hydrogen-bond acceptors (Lipinski definition) is 1. The molecule has 0 aliphatic carbocycles. The summed E-state index contributed by atoms with van der Waals surface area (Å²) < 4.78 is 6.18. The summed E-state index contributed by atoms with van der Waals surface area (Å²) in [6, 6.07) is 18.1. The summed E-state index contributed by atoms with van der Waals surface area (Å²) in [4.78, 5) is 1.46. The van der Waals surface area contributed by atoms with E-state index >= 15 is 0 Å². The van der Waals surface area contributed by atoms with E-state index in [-0.39, 0.29) is 0 Å². The molecule has 0 spiro atoms. The van der Waals surface area contributed by atoms with Crippen LogP contribution in [0.4, 0.5) is 0 Å². The minimum atomic E-state index is 0.420.